The van der Waals surface area contributed by atoms with Crippen LogP contribution in [0.15, 0.2) is 77.6 Å². The fourth-order valence-corrected chi connectivity index (χ4v) is 3.76. The molecule has 160 valence electrons. The quantitative estimate of drug-likeness (QED) is 0.318. The monoisotopic (exact) mass is 413 g/mol. The van der Waals surface area contributed by atoms with E-state index in [1.165, 1.54) is 37.8 Å². The van der Waals surface area contributed by atoms with Gasteiger partial charge in [-0.3, -0.25) is 4.99 Å². The van der Waals surface area contributed by atoms with Crippen molar-refractivity contribution in [2.24, 2.45) is 4.99 Å². The average molecular weight is 414 g/mol. The van der Waals surface area contributed by atoms with Crippen molar-refractivity contribution in [3.63, 3.8) is 0 Å². The lowest BCUT2D eigenvalue weighted by molar-refractivity contribution is 0.306. The Morgan fingerprint density at radius 3 is 2.61 bits per heavy atom. The van der Waals surface area contributed by atoms with Crippen molar-refractivity contribution in [1.29, 1.82) is 0 Å². The Balaban J connectivity index is 1.48. The zero-order chi connectivity index (χ0) is 21.3. The number of unbranched alkanes of at least 4 members (excludes halogenated alkanes) is 4. The summed E-state index contributed by atoms with van der Waals surface area (Å²) in [5.74, 6) is 0.831. The van der Waals surface area contributed by atoms with Gasteiger partial charge < -0.3 is 14.7 Å². The second-order valence-electron chi connectivity index (χ2n) is 7.99. The predicted molar refractivity (Wildman–Crippen MR) is 129 cm³/mol. The number of ether oxygens (including phenoxy) is 1. The van der Waals surface area contributed by atoms with Gasteiger partial charge in [0, 0.05) is 18.0 Å². The number of rotatable bonds is 11. The van der Waals surface area contributed by atoms with Gasteiger partial charge in [-0.15, -0.1) is 0 Å². The third-order valence-electron chi connectivity index (χ3n) is 5.48. The van der Waals surface area contributed by atoms with E-state index >= 15 is 0 Å². The van der Waals surface area contributed by atoms with Crippen molar-refractivity contribution in [3.05, 3.63) is 83.8 Å². The predicted octanol–water partition coefficient (Wildman–Crippen LogP) is 7.30. The minimum atomic E-state index is 0.529. The summed E-state index contributed by atoms with van der Waals surface area (Å²) in [4.78, 5) is 11.6. The molecule has 4 nitrogen and oxygen atoms in total. The van der Waals surface area contributed by atoms with E-state index in [2.05, 4.69) is 53.3 Å². The molecule has 0 atom stereocenters. The van der Waals surface area contributed by atoms with E-state index in [9.17, 15) is 0 Å². The van der Waals surface area contributed by atoms with Gasteiger partial charge in [-0.1, -0.05) is 62.9 Å². The zero-order valence-electron chi connectivity index (χ0n) is 18.2. The van der Waals surface area contributed by atoms with E-state index in [0.29, 0.717) is 6.61 Å². The Bertz CT molecular complexity index is 1040. The van der Waals surface area contributed by atoms with E-state index in [-0.39, 0.29) is 0 Å². The highest BCUT2D eigenvalue weighted by molar-refractivity contribution is 5.99. The van der Waals surface area contributed by atoms with Crippen molar-refractivity contribution in [1.82, 2.24) is 9.97 Å². The summed E-state index contributed by atoms with van der Waals surface area (Å²) in [6.07, 6.45) is 15.7. The highest BCUT2D eigenvalue weighted by atomic mass is 16.5. The molecule has 0 bridgehead atoms. The summed E-state index contributed by atoms with van der Waals surface area (Å²) in [7, 11) is 0. The van der Waals surface area contributed by atoms with Gasteiger partial charge in [-0.25, -0.2) is 0 Å². The second-order valence-corrected chi connectivity index (χ2v) is 7.99. The topological polar surface area (TPSA) is 53.2 Å². The van der Waals surface area contributed by atoms with Crippen molar-refractivity contribution in [2.75, 3.05) is 0 Å². The fraction of sp³-hybridized carbons (Fsp3) is 0.296. The van der Waals surface area contributed by atoms with Crippen molar-refractivity contribution < 1.29 is 4.74 Å². The molecule has 4 rings (SSSR count). The number of allylic oxidation sites excluding steroid dienone is 2. The maximum absolute atomic E-state index is 6.18. The summed E-state index contributed by atoms with van der Waals surface area (Å²) in [5.41, 5.74) is 6.26. The first-order chi connectivity index (χ1) is 15.3. The molecule has 3 aromatic rings. The highest BCUT2D eigenvalue weighted by Crippen LogP contribution is 2.30. The lowest BCUT2D eigenvalue weighted by Crippen LogP contribution is -1.95. The first kappa shape index (κ1) is 21.0. The molecule has 0 saturated heterocycles. The number of H-pyrrole nitrogens is 2. The number of aromatic nitrogens is 2. The van der Waals surface area contributed by atoms with Crippen LogP contribution in [-0.4, -0.2) is 15.7 Å². The van der Waals surface area contributed by atoms with Crippen LogP contribution in [0.5, 0.6) is 5.75 Å². The first-order valence-corrected chi connectivity index (χ1v) is 11.3. The lowest BCUT2D eigenvalue weighted by atomic mass is 10.1. The van der Waals surface area contributed by atoms with Crippen LogP contribution in [0.4, 0.5) is 0 Å². The van der Waals surface area contributed by atoms with E-state index in [1.54, 1.807) is 0 Å². The molecule has 0 aliphatic carbocycles. The van der Waals surface area contributed by atoms with Gasteiger partial charge in [0.15, 0.2) is 0 Å². The van der Waals surface area contributed by atoms with Crippen LogP contribution in [-0.2, 0) is 6.61 Å². The molecule has 1 aliphatic heterocycles. The van der Waals surface area contributed by atoms with Crippen LogP contribution in [0.1, 0.15) is 56.7 Å². The molecule has 2 aromatic heterocycles. The Morgan fingerprint density at radius 1 is 0.935 bits per heavy atom. The molecule has 0 spiro atoms. The van der Waals surface area contributed by atoms with Crippen LogP contribution in [0.3, 0.4) is 0 Å². The van der Waals surface area contributed by atoms with Crippen molar-refractivity contribution in [2.45, 2.75) is 52.1 Å². The molecule has 0 fully saturated rings. The maximum Gasteiger partial charge on any atom is 0.145 e. The van der Waals surface area contributed by atoms with Crippen LogP contribution >= 0.6 is 0 Å². The number of aromatic amines is 2. The number of benzene rings is 1. The highest BCUT2D eigenvalue weighted by Gasteiger charge is 2.12. The van der Waals surface area contributed by atoms with E-state index in [0.717, 1.165) is 40.5 Å². The Labute approximate surface area is 184 Å². The van der Waals surface area contributed by atoms with Crippen LogP contribution < -0.4 is 4.74 Å². The molecular weight excluding hydrogens is 382 g/mol. The molecule has 2 N–H and O–H groups in total. The summed E-state index contributed by atoms with van der Waals surface area (Å²) >= 11 is 0. The number of hydrogen-bond acceptors (Lipinski definition) is 2. The molecule has 3 heterocycles. The molecule has 1 aliphatic rings. The first-order valence-electron chi connectivity index (χ1n) is 11.3. The van der Waals surface area contributed by atoms with Gasteiger partial charge in [0.2, 0.25) is 0 Å². The SMILES string of the molecule is CCCCCCCC1=N/C(=C\c2[nH]c(-c3ccc[nH]3)cc2OCc2ccccc2)C=C1. The van der Waals surface area contributed by atoms with Gasteiger partial charge in [-0.05, 0) is 48.8 Å². The molecule has 0 amide bonds. The lowest BCUT2D eigenvalue weighted by Gasteiger charge is -2.05. The molecule has 1 aromatic carbocycles. The number of nitrogens with zero attached hydrogens (tertiary/aromatic N) is 1. The minimum absolute atomic E-state index is 0.529. The van der Waals surface area contributed by atoms with Crippen LogP contribution in [0.2, 0.25) is 0 Å². The summed E-state index contributed by atoms with van der Waals surface area (Å²) < 4.78 is 6.18. The smallest absolute Gasteiger partial charge is 0.145 e. The summed E-state index contributed by atoms with van der Waals surface area (Å²) in [6.45, 7) is 2.78. The number of aliphatic imine (C=N–C) groups is 1. The van der Waals surface area contributed by atoms with Crippen molar-refractivity contribution in [3.8, 4) is 17.1 Å². The van der Waals surface area contributed by atoms with E-state index in [4.69, 9.17) is 9.73 Å². The second kappa shape index (κ2) is 10.7. The fourth-order valence-electron chi connectivity index (χ4n) is 3.76. The van der Waals surface area contributed by atoms with Crippen LogP contribution in [0.25, 0.3) is 17.5 Å². The van der Waals surface area contributed by atoms with Gasteiger partial charge in [0.1, 0.15) is 12.4 Å². The van der Waals surface area contributed by atoms with Gasteiger partial charge >= 0.3 is 0 Å². The molecule has 0 saturated carbocycles. The molecule has 4 heteroatoms. The van der Waals surface area contributed by atoms with Crippen LogP contribution in [0, 0.1) is 0 Å². The number of nitrogens with one attached hydrogen (secondary N) is 2. The standard InChI is InChI=1S/C27H31N3O/c1-2-3-4-5-9-13-22-15-16-23(29-22)18-26-27(31-20-21-11-7-6-8-12-21)19-25(30-26)24-14-10-17-28-24/h6-8,10-12,14-19,28,30H,2-5,9,13,20H2,1H3/b23-18-. The molecular formula is C27H31N3O. The third-order valence-corrected chi connectivity index (χ3v) is 5.48. The van der Waals surface area contributed by atoms with Crippen molar-refractivity contribution >= 4 is 11.8 Å². The molecule has 0 radical (unpaired) electrons. The average Bonchev–Trinajstić information content (AvgIpc) is 3.55. The zero-order valence-corrected chi connectivity index (χ0v) is 18.2. The number of hydrogen-bond donors (Lipinski definition) is 2. The Morgan fingerprint density at radius 2 is 1.81 bits per heavy atom. The van der Waals surface area contributed by atoms with Gasteiger partial charge in [0.25, 0.3) is 0 Å². The normalized spacial score (nSPS) is 14.4. The minimum Gasteiger partial charge on any atom is -0.487 e. The molecule has 31 heavy (non-hydrogen) atoms. The van der Waals surface area contributed by atoms with Gasteiger partial charge in [0.05, 0.1) is 22.8 Å². The van der Waals surface area contributed by atoms with E-state index in [1.807, 2.05) is 36.5 Å². The van der Waals surface area contributed by atoms with Gasteiger partial charge in [-0.2, -0.15) is 0 Å². The van der Waals surface area contributed by atoms with E-state index < -0.39 is 0 Å². The third kappa shape index (κ3) is 5.88. The summed E-state index contributed by atoms with van der Waals surface area (Å²) in [5, 5.41) is 0. The largest absolute Gasteiger partial charge is 0.487 e. The Hall–Kier alpha value is -3.27. The Kier molecular flexibility index (Phi) is 7.22. The maximum atomic E-state index is 6.18. The molecule has 0 unspecified atom stereocenters. The summed E-state index contributed by atoms with van der Waals surface area (Å²) in [6, 6.07) is 16.3.